The van der Waals surface area contributed by atoms with E-state index >= 15 is 0 Å². The van der Waals surface area contributed by atoms with Crippen molar-refractivity contribution in [3.8, 4) is 17.2 Å². The predicted molar refractivity (Wildman–Crippen MR) is 293 cm³/mol. The van der Waals surface area contributed by atoms with Crippen molar-refractivity contribution in [3.05, 3.63) is 207 Å². The summed E-state index contributed by atoms with van der Waals surface area (Å²) in [4.78, 5) is 41.4. The van der Waals surface area contributed by atoms with Gasteiger partial charge >= 0.3 is 18.5 Å². The van der Waals surface area contributed by atoms with Crippen molar-refractivity contribution in [2.75, 3.05) is 65.5 Å². The molecular weight excluding hydrogens is 1120 g/mol. The highest BCUT2D eigenvalue weighted by Crippen LogP contribution is 2.35. The molecular formula is C57H61F9N4O9S2. The van der Waals surface area contributed by atoms with Crippen LogP contribution in [0.15, 0.2) is 164 Å². The van der Waals surface area contributed by atoms with Crippen molar-refractivity contribution < 1.29 is 78.3 Å². The lowest BCUT2D eigenvalue weighted by atomic mass is 10.1. The molecule has 0 saturated carbocycles. The van der Waals surface area contributed by atoms with E-state index in [1.807, 2.05) is 98.0 Å². The number of thioether (sulfide) groups is 2. The number of rotatable bonds is 24. The van der Waals surface area contributed by atoms with E-state index in [-0.39, 0.29) is 41.3 Å². The molecule has 0 heterocycles. The summed E-state index contributed by atoms with van der Waals surface area (Å²) in [5, 5.41) is 20.6. The lowest BCUT2D eigenvalue weighted by molar-refractivity contribution is -0.756. The van der Waals surface area contributed by atoms with Crippen LogP contribution in [0.4, 0.5) is 49.1 Å². The molecule has 13 nitrogen and oxygen atoms in total. The Hall–Kier alpha value is -7.15. The summed E-state index contributed by atoms with van der Waals surface area (Å²) < 4.78 is 132. The summed E-state index contributed by atoms with van der Waals surface area (Å²) in [6.45, 7) is 1.19. The number of aliphatic hydroxyl groups is 1. The van der Waals surface area contributed by atoms with Crippen LogP contribution in [0.1, 0.15) is 71.0 Å². The molecule has 0 aromatic heterocycles. The summed E-state index contributed by atoms with van der Waals surface area (Å²) in [6.07, 6.45) is -12.7. The van der Waals surface area contributed by atoms with E-state index in [2.05, 4.69) is 10.2 Å². The Balaban J connectivity index is 0.000000265. The average molecular weight is 1180 g/mol. The van der Waals surface area contributed by atoms with Gasteiger partial charge < -0.3 is 39.3 Å². The number of carbonyl (C=O) groups is 2. The van der Waals surface area contributed by atoms with E-state index in [1.54, 1.807) is 14.1 Å². The number of aliphatic hydroxyl groups excluding tert-OH is 1. The first-order valence-corrected chi connectivity index (χ1v) is 26.9. The second-order valence-electron chi connectivity index (χ2n) is 17.4. The van der Waals surface area contributed by atoms with Crippen LogP contribution in [-0.4, -0.2) is 96.0 Å². The van der Waals surface area contributed by atoms with Gasteiger partial charge in [0.05, 0.1) is 23.3 Å². The van der Waals surface area contributed by atoms with Crippen LogP contribution < -0.4 is 19.5 Å². The van der Waals surface area contributed by atoms with Crippen LogP contribution in [0.2, 0.25) is 0 Å². The maximum atomic E-state index is 12.8. The Kier molecular flexibility index (Phi) is 27.5. The zero-order valence-corrected chi connectivity index (χ0v) is 45.8. The first-order chi connectivity index (χ1) is 38.5. The first-order valence-electron chi connectivity index (χ1n) is 24.9. The number of nitrogens with one attached hydrogen (secondary N) is 1. The molecule has 24 heteroatoms. The third-order valence-corrected chi connectivity index (χ3v) is 13.3. The second-order valence-corrected chi connectivity index (χ2v) is 19.5. The SMILES string of the molecule is CN(CCC(Oc1ccc(C(F)(F)F)cc1)c1ccccc1)C(=O)SCCO.CN(CCC(Oc1ccc(C(F)(F)F)cc1)c1ccccc1)C(=O)SCCO[N+](=O)[O-].CNCCC(Oc1ccc(C(F)(F)F)cc1)c1ccccc1. The quantitative estimate of drug-likeness (QED) is 0.0257. The summed E-state index contributed by atoms with van der Waals surface area (Å²) in [5.74, 6) is 1.49. The molecule has 2 amide bonds. The van der Waals surface area contributed by atoms with Gasteiger partial charge in [0.1, 0.15) is 42.2 Å². The number of ether oxygens (including phenoxy) is 3. The zero-order valence-electron chi connectivity index (χ0n) is 44.2. The molecule has 0 bridgehead atoms. The smallest absolute Gasteiger partial charge is 0.416 e. The van der Waals surface area contributed by atoms with Gasteiger partial charge in [0, 0.05) is 58.0 Å². The van der Waals surface area contributed by atoms with Gasteiger partial charge in [-0.2, -0.15) is 39.5 Å². The number of halogens is 9. The van der Waals surface area contributed by atoms with Crippen molar-refractivity contribution in [1.82, 2.24) is 15.1 Å². The number of hydrogen-bond donors (Lipinski definition) is 2. The first kappa shape index (κ1) is 66.4. The molecule has 6 aromatic carbocycles. The lowest BCUT2D eigenvalue weighted by Crippen LogP contribution is -2.26. The van der Waals surface area contributed by atoms with Gasteiger partial charge in [0.2, 0.25) is 0 Å². The Morgan fingerprint density at radius 2 is 0.840 bits per heavy atom. The fourth-order valence-electron chi connectivity index (χ4n) is 7.22. The van der Waals surface area contributed by atoms with E-state index in [9.17, 15) is 59.2 Å². The minimum absolute atomic E-state index is 0.0755. The second kappa shape index (κ2) is 33.6. The summed E-state index contributed by atoms with van der Waals surface area (Å²) in [5.41, 5.74) is 0.507. The Labute approximate surface area is 471 Å². The Bertz CT molecular complexity index is 2760. The fourth-order valence-corrected chi connectivity index (χ4v) is 8.44. The molecule has 6 rings (SSSR count). The highest BCUT2D eigenvalue weighted by Gasteiger charge is 2.32. The van der Waals surface area contributed by atoms with Crippen molar-refractivity contribution in [2.24, 2.45) is 0 Å². The third-order valence-electron chi connectivity index (χ3n) is 11.4. The van der Waals surface area contributed by atoms with E-state index in [1.165, 1.54) is 46.2 Å². The molecule has 3 unspecified atom stereocenters. The molecule has 81 heavy (non-hydrogen) atoms. The maximum absolute atomic E-state index is 12.8. The molecule has 0 aliphatic carbocycles. The van der Waals surface area contributed by atoms with Crippen molar-refractivity contribution in [3.63, 3.8) is 0 Å². The topological polar surface area (TPSA) is 153 Å². The highest BCUT2D eigenvalue weighted by molar-refractivity contribution is 8.13. The van der Waals surface area contributed by atoms with Gasteiger partial charge in [-0.3, -0.25) is 9.59 Å². The minimum Gasteiger partial charge on any atom is -0.486 e. The van der Waals surface area contributed by atoms with E-state index in [0.717, 1.165) is 89.6 Å². The van der Waals surface area contributed by atoms with Crippen molar-refractivity contribution in [1.29, 1.82) is 0 Å². The Morgan fingerprint density at radius 1 is 0.531 bits per heavy atom. The van der Waals surface area contributed by atoms with Gasteiger partial charge in [0.25, 0.3) is 15.6 Å². The third kappa shape index (κ3) is 24.6. The molecule has 0 aliphatic rings. The molecule has 0 aliphatic heterocycles. The molecule has 0 spiro atoms. The van der Waals surface area contributed by atoms with Gasteiger partial charge in [-0.15, -0.1) is 10.1 Å². The van der Waals surface area contributed by atoms with Crippen LogP contribution in [0.5, 0.6) is 17.2 Å². The normalized spacial score (nSPS) is 12.5. The highest BCUT2D eigenvalue weighted by atomic mass is 32.2. The number of benzene rings is 6. The minimum atomic E-state index is -4.43. The zero-order chi connectivity index (χ0) is 59.4. The standard InChI is InChI=1S/C20H21F3N2O5S.C20H22F3NO3S.C17H18F3NO/c1-24(19(26)31-14-13-29-25(27)28)12-11-18(15-5-3-2-4-6-15)30-17-9-7-16(8-10-17)20(21,22)23;1-24(19(26)28-14-13-25)12-11-18(15-5-3-2-4-6-15)27-17-9-7-16(8-10-17)20(21,22)23;1-21-12-11-16(13-5-3-2-4-6-13)22-15-9-7-14(8-10-15)17(18,19)20/h2-10,18H,11-14H2,1H3;2-10,18,25H,11-14H2,1H3;2-10,16,21H,11-12H2,1H3. The van der Waals surface area contributed by atoms with Crippen LogP contribution in [-0.2, 0) is 23.4 Å². The van der Waals surface area contributed by atoms with Crippen LogP contribution >= 0.6 is 23.5 Å². The summed E-state index contributed by atoms with van der Waals surface area (Å²) in [6, 6.07) is 41.9. The van der Waals surface area contributed by atoms with Crippen molar-refractivity contribution >= 4 is 34.0 Å². The van der Waals surface area contributed by atoms with Crippen LogP contribution in [0.3, 0.4) is 0 Å². The van der Waals surface area contributed by atoms with Gasteiger partial charge in [-0.25, -0.2) is 0 Å². The molecule has 0 fully saturated rings. The number of carbonyl (C=O) groups excluding carboxylic acids is 2. The molecule has 6 aromatic rings. The molecule has 0 saturated heterocycles. The molecule has 0 radical (unpaired) electrons. The number of amides is 2. The number of nitrogens with zero attached hydrogens (tertiary/aromatic N) is 3. The van der Waals surface area contributed by atoms with Gasteiger partial charge in [-0.1, -0.05) is 115 Å². The molecule has 2 N–H and O–H groups in total. The van der Waals surface area contributed by atoms with Crippen LogP contribution in [0, 0.1) is 10.1 Å². The van der Waals surface area contributed by atoms with Crippen molar-refractivity contribution in [2.45, 2.75) is 56.1 Å². The van der Waals surface area contributed by atoms with E-state index in [0.29, 0.717) is 43.2 Å². The lowest BCUT2D eigenvalue weighted by Gasteiger charge is -2.23. The predicted octanol–water partition coefficient (Wildman–Crippen LogP) is 14.6. The number of hydrogen-bond acceptors (Lipinski definition) is 12. The summed E-state index contributed by atoms with van der Waals surface area (Å²) in [7, 11) is 5.09. The molecule has 3 atom stereocenters. The molecule has 438 valence electrons. The van der Waals surface area contributed by atoms with E-state index < -0.39 is 52.5 Å². The van der Waals surface area contributed by atoms with Crippen LogP contribution in [0.25, 0.3) is 0 Å². The Morgan fingerprint density at radius 3 is 1.12 bits per heavy atom. The number of alkyl halides is 9. The summed E-state index contributed by atoms with van der Waals surface area (Å²) >= 11 is 1.92. The maximum Gasteiger partial charge on any atom is 0.416 e. The fraction of sp³-hybridized carbons (Fsp3) is 0.333. The average Bonchev–Trinajstić information content (AvgIpc) is 3.47. The van der Waals surface area contributed by atoms with Gasteiger partial charge in [-0.05, 0) is 103 Å². The largest absolute Gasteiger partial charge is 0.486 e. The van der Waals surface area contributed by atoms with E-state index in [4.69, 9.17) is 19.3 Å². The van der Waals surface area contributed by atoms with Gasteiger partial charge in [0.15, 0.2) is 0 Å². The monoisotopic (exact) mass is 1180 g/mol.